The van der Waals surface area contributed by atoms with Crippen LogP contribution in [0.5, 0.6) is 0 Å². The fraction of sp³-hybridized carbons (Fsp3) is 0.143. The van der Waals surface area contributed by atoms with Crippen LogP contribution in [0.15, 0.2) is 16.8 Å². The number of nitrogens with two attached hydrogens (primary N) is 1. The minimum atomic E-state index is 0.501. The number of aryl methyl sites for hydroxylation is 1. The maximum Gasteiger partial charge on any atom is 0.209 e. The molecule has 62 valence electrons. The third kappa shape index (κ3) is 0.952. The zero-order chi connectivity index (χ0) is 8.55. The summed E-state index contributed by atoms with van der Waals surface area (Å²) in [5.41, 5.74) is 7.72. The van der Waals surface area contributed by atoms with Crippen molar-refractivity contribution in [1.82, 2.24) is 15.4 Å². The standard InChI is InChI=1S/C7H8N4O/c1-4-2-6(11-10-4)7-5(8)3-9-12-7/h2-3H,8H2,1H3,(H,10,11). The van der Waals surface area contributed by atoms with Gasteiger partial charge in [0.2, 0.25) is 5.76 Å². The predicted octanol–water partition coefficient (Wildman–Crippen LogP) is 0.955. The normalized spacial score (nSPS) is 10.4. The molecule has 0 aromatic carbocycles. The molecule has 0 unspecified atom stereocenters. The van der Waals surface area contributed by atoms with E-state index in [2.05, 4.69) is 15.4 Å². The molecule has 12 heavy (non-hydrogen) atoms. The van der Waals surface area contributed by atoms with Gasteiger partial charge in [-0.1, -0.05) is 5.16 Å². The fourth-order valence-corrected chi connectivity index (χ4v) is 0.976. The molecule has 0 aliphatic rings. The molecule has 0 saturated carbocycles. The summed E-state index contributed by atoms with van der Waals surface area (Å²) < 4.78 is 4.91. The van der Waals surface area contributed by atoms with Crippen LogP contribution >= 0.6 is 0 Å². The fourth-order valence-electron chi connectivity index (χ4n) is 0.976. The molecule has 0 radical (unpaired) electrons. The van der Waals surface area contributed by atoms with Gasteiger partial charge < -0.3 is 10.3 Å². The molecule has 0 aliphatic carbocycles. The van der Waals surface area contributed by atoms with Gasteiger partial charge in [0.25, 0.3) is 0 Å². The van der Waals surface area contributed by atoms with Gasteiger partial charge in [-0.2, -0.15) is 5.10 Å². The zero-order valence-corrected chi connectivity index (χ0v) is 6.53. The van der Waals surface area contributed by atoms with Crippen molar-refractivity contribution in [3.63, 3.8) is 0 Å². The van der Waals surface area contributed by atoms with Crippen molar-refractivity contribution in [2.75, 3.05) is 5.73 Å². The van der Waals surface area contributed by atoms with E-state index in [1.165, 1.54) is 6.20 Å². The summed E-state index contributed by atoms with van der Waals surface area (Å²) in [6, 6.07) is 1.84. The molecule has 0 fully saturated rings. The Morgan fingerprint density at radius 1 is 1.58 bits per heavy atom. The van der Waals surface area contributed by atoms with Gasteiger partial charge in [0.05, 0.1) is 6.20 Å². The maximum atomic E-state index is 5.57. The first-order chi connectivity index (χ1) is 5.77. The highest BCUT2D eigenvalue weighted by Crippen LogP contribution is 2.23. The third-order valence-electron chi connectivity index (χ3n) is 1.54. The quantitative estimate of drug-likeness (QED) is 0.657. The summed E-state index contributed by atoms with van der Waals surface area (Å²) in [4.78, 5) is 0. The van der Waals surface area contributed by atoms with E-state index in [-0.39, 0.29) is 0 Å². The van der Waals surface area contributed by atoms with E-state index < -0.39 is 0 Å². The largest absolute Gasteiger partial charge is 0.394 e. The second-order valence-corrected chi connectivity index (χ2v) is 2.55. The molecule has 5 heteroatoms. The maximum absolute atomic E-state index is 5.57. The van der Waals surface area contributed by atoms with Crippen molar-refractivity contribution in [2.45, 2.75) is 6.92 Å². The number of aromatic nitrogens is 3. The van der Waals surface area contributed by atoms with E-state index in [1.807, 2.05) is 13.0 Å². The number of hydrogen-bond donors (Lipinski definition) is 2. The van der Waals surface area contributed by atoms with Crippen molar-refractivity contribution >= 4 is 5.69 Å². The summed E-state index contributed by atoms with van der Waals surface area (Å²) in [6.07, 6.45) is 1.46. The van der Waals surface area contributed by atoms with Gasteiger partial charge in [-0.25, -0.2) is 0 Å². The lowest BCUT2D eigenvalue weighted by atomic mass is 10.3. The van der Waals surface area contributed by atoms with Crippen LogP contribution in [-0.2, 0) is 0 Å². The zero-order valence-electron chi connectivity index (χ0n) is 6.53. The van der Waals surface area contributed by atoms with Gasteiger partial charge >= 0.3 is 0 Å². The second kappa shape index (κ2) is 2.37. The molecule has 3 N–H and O–H groups in total. The van der Waals surface area contributed by atoms with E-state index in [4.69, 9.17) is 10.3 Å². The van der Waals surface area contributed by atoms with Crippen LogP contribution in [-0.4, -0.2) is 15.4 Å². The lowest BCUT2D eigenvalue weighted by Gasteiger charge is -1.87. The number of nitrogens with zero attached hydrogens (tertiary/aromatic N) is 2. The Morgan fingerprint density at radius 2 is 2.42 bits per heavy atom. The summed E-state index contributed by atoms with van der Waals surface area (Å²) in [6.45, 7) is 1.91. The molecule has 2 aromatic rings. The van der Waals surface area contributed by atoms with Crippen molar-refractivity contribution in [3.8, 4) is 11.5 Å². The summed E-state index contributed by atoms with van der Waals surface area (Å²) in [7, 11) is 0. The van der Waals surface area contributed by atoms with Gasteiger partial charge in [-0.05, 0) is 13.0 Å². The summed E-state index contributed by atoms with van der Waals surface area (Å²) >= 11 is 0. The molecular weight excluding hydrogens is 156 g/mol. The number of anilines is 1. The minimum absolute atomic E-state index is 0.501. The number of rotatable bonds is 1. The molecule has 0 aliphatic heterocycles. The Bertz CT molecular complexity index is 390. The van der Waals surface area contributed by atoms with E-state index >= 15 is 0 Å². The molecule has 0 atom stereocenters. The molecule has 5 nitrogen and oxygen atoms in total. The number of hydrogen-bond acceptors (Lipinski definition) is 4. The Labute approximate surface area is 68.6 Å². The first kappa shape index (κ1) is 6.90. The van der Waals surface area contributed by atoms with Crippen molar-refractivity contribution in [2.24, 2.45) is 0 Å². The Hall–Kier alpha value is -1.78. The van der Waals surface area contributed by atoms with Crippen LogP contribution in [0.2, 0.25) is 0 Å². The van der Waals surface area contributed by atoms with Crippen LogP contribution in [0.1, 0.15) is 5.69 Å². The van der Waals surface area contributed by atoms with Crippen LogP contribution in [0.4, 0.5) is 5.69 Å². The van der Waals surface area contributed by atoms with Crippen LogP contribution in [0, 0.1) is 6.92 Å². The highest BCUT2D eigenvalue weighted by Gasteiger charge is 2.09. The number of nitrogen functional groups attached to an aromatic ring is 1. The molecule has 0 saturated heterocycles. The monoisotopic (exact) mass is 164 g/mol. The van der Waals surface area contributed by atoms with Crippen molar-refractivity contribution in [3.05, 3.63) is 18.0 Å². The summed E-state index contributed by atoms with van der Waals surface area (Å²) in [5, 5.41) is 10.3. The average Bonchev–Trinajstić information content (AvgIpc) is 2.58. The predicted molar refractivity (Wildman–Crippen MR) is 43.2 cm³/mol. The highest BCUT2D eigenvalue weighted by molar-refractivity contribution is 5.66. The topological polar surface area (TPSA) is 80.7 Å². The Kier molecular flexibility index (Phi) is 1.36. The molecular formula is C7H8N4O. The van der Waals surface area contributed by atoms with Crippen LogP contribution < -0.4 is 5.73 Å². The van der Waals surface area contributed by atoms with Crippen molar-refractivity contribution in [1.29, 1.82) is 0 Å². The molecule has 0 amide bonds. The number of aromatic amines is 1. The van der Waals surface area contributed by atoms with Gasteiger partial charge in [-0.15, -0.1) is 0 Å². The smallest absolute Gasteiger partial charge is 0.209 e. The Balaban J connectivity index is 2.50. The van der Waals surface area contributed by atoms with E-state index in [1.54, 1.807) is 0 Å². The highest BCUT2D eigenvalue weighted by atomic mass is 16.5. The SMILES string of the molecule is Cc1cc(-c2oncc2N)n[nH]1. The first-order valence-electron chi connectivity index (χ1n) is 3.50. The Morgan fingerprint density at radius 3 is 2.92 bits per heavy atom. The first-order valence-corrected chi connectivity index (χ1v) is 3.50. The van der Waals surface area contributed by atoms with Crippen LogP contribution in [0.3, 0.4) is 0 Å². The number of nitrogens with one attached hydrogen (secondary N) is 1. The molecule has 2 rings (SSSR count). The van der Waals surface area contributed by atoms with E-state index in [0.29, 0.717) is 17.1 Å². The van der Waals surface area contributed by atoms with Crippen LogP contribution in [0.25, 0.3) is 11.5 Å². The average molecular weight is 164 g/mol. The van der Waals surface area contributed by atoms with E-state index in [9.17, 15) is 0 Å². The van der Waals surface area contributed by atoms with Gasteiger partial charge in [0, 0.05) is 5.69 Å². The molecule has 2 heterocycles. The van der Waals surface area contributed by atoms with Gasteiger partial charge in [-0.3, -0.25) is 5.10 Å². The lowest BCUT2D eigenvalue weighted by molar-refractivity contribution is 0.431. The molecule has 0 bridgehead atoms. The number of H-pyrrole nitrogens is 1. The second-order valence-electron chi connectivity index (χ2n) is 2.55. The van der Waals surface area contributed by atoms with Gasteiger partial charge in [0.15, 0.2) is 0 Å². The van der Waals surface area contributed by atoms with Crippen molar-refractivity contribution < 1.29 is 4.52 Å². The minimum Gasteiger partial charge on any atom is -0.394 e. The molecule has 0 spiro atoms. The van der Waals surface area contributed by atoms with E-state index in [0.717, 1.165) is 5.69 Å². The third-order valence-corrected chi connectivity index (χ3v) is 1.54. The molecule has 2 aromatic heterocycles. The lowest BCUT2D eigenvalue weighted by Crippen LogP contribution is -1.84. The summed E-state index contributed by atoms with van der Waals surface area (Å²) in [5.74, 6) is 0.513. The van der Waals surface area contributed by atoms with Gasteiger partial charge in [0.1, 0.15) is 11.4 Å².